The van der Waals surface area contributed by atoms with Crippen LogP contribution in [0.2, 0.25) is 0 Å². The molecule has 324 valence electrons. The van der Waals surface area contributed by atoms with Gasteiger partial charge < -0.3 is 10.6 Å². The molecule has 2 nitrogen and oxygen atoms in total. The van der Waals surface area contributed by atoms with Crippen LogP contribution in [0.1, 0.15) is 70.2 Å². The molecule has 0 amide bonds. The van der Waals surface area contributed by atoms with Crippen molar-refractivity contribution >= 4 is 0 Å². The van der Waals surface area contributed by atoms with Crippen molar-refractivity contribution in [2.24, 2.45) is 0 Å². The fraction of sp³-hybridized carbons (Fsp3) is 1.00. The van der Waals surface area contributed by atoms with Gasteiger partial charge in [-0.05, 0) is 0 Å². The Labute approximate surface area is 2370 Å². The molecule has 0 saturated heterocycles. The van der Waals surface area contributed by atoms with E-state index in [1.54, 1.807) is 0 Å². The largest absolute Gasteiger partial charge is 0.663 e. The van der Waals surface area contributed by atoms with Gasteiger partial charge in [0.15, 0.2) is 0 Å². The molecule has 0 aromatic rings. The number of hydrogen-bond acceptors (Lipinski definition) is 0. The Hall–Kier alpha value is 79.4. The van der Waals surface area contributed by atoms with E-state index in [-0.39, 0.29) is 2370 Å². The second-order valence-electron chi connectivity index (χ2n) is 2.70. The maximum Gasteiger partial charge on any atom is 0 e. The van der Waals surface area contributed by atoms with E-state index in [4.69, 9.17) is 0 Å². The summed E-state index contributed by atoms with van der Waals surface area (Å²) in [4.78, 5) is 0. The van der Waals surface area contributed by atoms with E-state index in [1.165, 1.54) is 0 Å². The predicted octanol–water partition coefficient (Wildman–Crippen LogP) is 5.94. The minimum absolute atomic E-state index is 0. The fourth-order valence-electron chi connectivity index (χ4n) is 0. The normalized spacial score (nSPS) is 1.23. The van der Waals surface area contributed by atoms with E-state index in [0.717, 1.165) is 0 Å². The molecule has 0 rings (SSSR count). The van der Waals surface area contributed by atoms with Crippen LogP contribution >= 0.6 is 0 Å². The molecule has 0 fully saturated rings. The Bertz CT molecular complexity index is 105. The zero-order valence-electron chi connectivity index (χ0n) is 53.6. The molecule has 0 aliphatic carbocycles. The summed E-state index contributed by atoms with van der Waals surface area (Å²) in [6.45, 7) is 16.2. The van der Waals surface area contributed by atoms with Crippen molar-refractivity contribution < 1.29 is 2360 Å². The van der Waals surface area contributed by atoms with Crippen molar-refractivity contribution in [3.63, 3.8) is 0 Å². The first kappa shape index (κ1) is 580. The third-order valence-corrected chi connectivity index (χ3v) is 1.03. The predicted molar refractivity (Wildman–Crippen MR) is 85.0 cm³/mol. The molecule has 0 saturated carbocycles. The first-order valence-electron chi connectivity index (χ1n) is 5.72. The van der Waals surface area contributed by atoms with Gasteiger partial charge >= 0.3 is 0 Å². The zero-order chi connectivity index (χ0) is 12.6. The molecular weight excluding hydrogens is 6600 g/mol. The van der Waals surface area contributed by atoms with Gasteiger partial charge in [0.1, 0.15) is 0 Å². The van der Waals surface area contributed by atoms with Crippen LogP contribution < -0.4 is 0 Å². The van der Waals surface area contributed by atoms with Gasteiger partial charge in [-0.3, -0.25) is 0 Å². The van der Waals surface area contributed by atoms with E-state index in [2.05, 4.69) is 38.3 Å². The summed E-state index contributed by atoms with van der Waals surface area (Å²) in [7, 11) is 3.65. The van der Waals surface area contributed by atoms with Gasteiger partial charge in [0.2, 0.25) is 0 Å². The molecule has 88 heavy (non-hydrogen) atoms. The average molecular weight is 6640 g/mol. The van der Waals surface area contributed by atoms with Crippen LogP contribution in [0.15, 0.2) is 0 Å². The minimum atomic E-state index is 0. The molecular formula is C14H40N2Y72-2. The minimum Gasteiger partial charge on any atom is -0.663 e. The van der Waals surface area contributed by atoms with Crippen molar-refractivity contribution in [2.45, 2.75) is 82.3 Å². The van der Waals surface area contributed by atoms with Gasteiger partial charge in [-0.1, -0.05) is 70.2 Å². The summed E-state index contributed by atoms with van der Waals surface area (Å²) in [5, 5.41) is 7.78. The summed E-state index contributed by atoms with van der Waals surface area (Å²) < 4.78 is 0. The van der Waals surface area contributed by atoms with Crippen LogP contribution in [0.4, 0.5) is 0 Å². The van der Waals surface area contributed by atoms with Crippen LogP contribution in [-0.4, -0.2) is 26.2 Å². The van der Waals surface area contributed by atoms with Crippen LogP contribution in [0.5, 0.6) is 0 Å². The molecule has 0 spiro atoms. The van der Waals surface area contributed by atoms with Crippen molar-refractivity contribution in [2.75, 3.05) is 14.1 Å². The van der Waals surface area contributed by atoms with Gasteiger partial charge in [-0.25, -0.2) is 0 Å². The van der Waals surface area contributed by atoms with Crippen molar-refractivity contribution in [3.05, 3.63) is 10.6 Å². The fourth-order valence-corrected chi connectivity index (χ4v) is 0. The van der Waals surface area contributed by atoms with Crippen LogP contribution in [-0.2, 0) is 2360 Å². The third-order valence-electron chi connectivity index (χ3n) is 1.03. The van der Waals surface area contributed by atoms with Gasteiger partial charge in [0, 0.05) is 2360 Å². The standard InChI is InChI=1S/2C4H10N.2C2H6.2CH4.72Y/c2*1-4(2)5-3;2*1-2;;;;;;;;;;;;;;;;;;;;;;;;;;;;;;;;;;;;;;;;;;;;;;;;;;;;;;;;;;;;;;;;;;;;;;;;;;/h2*4H,1-3H3;2*1-2H3;2*1H4;;;;;;;;;;;;;;;;;;;;;;;;;;;;;;;;;;;;;;;;;;;;;;;;;;;;;;;;;;;;;;;;;;;;;;;;/q2*-1;;;;;;;;;;;;;;;;;;;;;;;;;;;;;;;;;;;;;;;;;;;;;;;;;;;;;;;;;;;;;;;;;;;;;;;;;;;;. The van der Waals surface area contributed by atoms with Crippen LogP contribution in [0.3, 0.4) is 0 Å². The van der Waals surface area contributed by atoms with Crippen LogP contribution in [0, 0.1) is 0 Å². The average Bonchev–Trinajstić information content (AvgIpc) is 2.24. The van der Waals surface area contributed by atoms with E-state index in [0.29, 0.717) is 12.1 Å². The Balaban J connectivity index is -0.000000000157. The van der Waals surface area contributed by atoms with Gasteiger partial charge in [0.05, 0.1) is 0 Å². The molecule has 0 N–H and O–H groups in total. The maximum absolute atomic E-state index is 3.89. The van der Waals surface area contributed by atoms with E-state index in [1.807, 2.05) is 41.8 Å². The van der Waals surface area contributed by atoms with Crippen molar-refractivity contribution in [3.8, 4) is 0 Å². The molecule has 0 aromatic carbocycles. The van der Waals surface area contributed by atoms with Gasteiger partial charge in [-0.2, -0.15) is 14.1 Å². The molecule has 0 atom stereocenters. The van der Waals surface area contributed by atoms with Gasteiger partial charge in [-0.15, -0.1) is 12.1 Å². The number of hydrogen-bond donors (Lipinski definition) is 0. The summed E-state index contributed by atoms with van der Waals surface area (Å²) in [6, 6.07) is 1.02. The van der Waals surface area contributed by atoms with Crippen molar-refractivity contribution in [1.29, 1.82) is 0 Å². The Morgan fingerprint density at radius 3 is 0.125 bits per heavy atom. The van der Waals surface area contributed by atoms with E-state index < -0.39 is 0 Å². The second kappa shape index (κ2) is 596. The zero-order valence-corrected chi connectivity index (χ0v) is 258. The van der Waals surface area contributed by atoms with Crippen molar-refractivity contribution in [1.82, 2.24) is 0 Å². The molecule has 0 unspecified atom stereocenters. The molecule has 72 radical (unpaired) electrons. The molecule has 0 heterocycles. The molecule has 0 bridgehead atoms. The molecule has 0 aliphatic heterocycles. The van der Waals surface area contributed by atoms with Crippen LogP contribution in [0.25, 0.3) is 10.6 Å². The first-order valence-corrected chi connectivity index (χ1v) is 5.72. The monoisotopic (exact) mass is 6640 g/mol. The third kappa shape index (κ3) is 643. The second-order valence-corrected chi connectivity index (χ2v) is 2.70. The summed E-state index contributed by atoms with van der Waals surface area (Å²) in [5.74, 6) is 0. The number of nitrogens with zero attached hydrogens (tertiary/aromatic N) is 2. The maximum atomic E-state index is 3.89. The summed E-state index contributed by atoms with van der Waals surface area (Å²) in [6.07, 6.45) is 0. The summed E-state index contributed by atoms with van der Waals surface area (Å²) in [5.41, 5.74) is 0. The number of rotatable bonds is 2. The van der Waals surface area contributed by atoms with E-state index in [9.17, 15) is 0 Å². The molecule has 0 aromatic heterocycles. The molecule has 0 aliphatic rings. The first-order chi connectivity index (χ1) is 6.54. The topological polar surface area (TPSA) is 28.2 Å². The smallest absolute Gasteiger partial charge is 0 e. The SMILES string of the molecule is C.C.CC.CC.C[N-]C(C)C.C[N-]C(C)C.[Y].[Y].[Y].[Y].[Y].[Y].[Y].[Y].[Y].[Y].[Y].[Y].[Y].[Y].[Y].[Y].[Y].[Y].[Y].[Y].[Y].[Y].[Y].[Y].[Y].[Y].[Y].[Y].[Y].[Y].[Y].[Y].[Y].[Y].[Y].[Y].[Y].[Y].[Y].[Y].[Y].[Y].[Y].[Y].[Y].[Y].[Y].[Y].[Y].[Y].[Y].[Y].[Y].[Y].[Y].[Y].[Y].[Y].[Y].[Y].[Y].[Y].[Y].[Y].[Y].[Y].[Y].[Y].[Y].[Y].[Y].[Y]. The quantitative estimate of drug-likeness (QED) is 0.328. The molecule has 74 heteroatoms. The van der Waals surface area contributed by atoms with E-state index >= 15 is 0 Å². The summed E-state index contributed by atoms with van der Waals surface area (Å²) >= 11 is 0. The van der Waals surface area contributed by atoms with Gasteiger partial charge in [0.25, 0.3) is 0 Å². The Morgan fingerprint density at radius 2 is 0.125 bits per heavy atom. The Kier molecular flexibility index (Phi) is 3930. The Morgan fingerprint density at radius 1 is 0.114 bits per heavy atom.